The Morgan fingerprint density at radius 2 is 2.05 bits per heavy atom. The number of alkyl halides is 3. The van der Waals surface area contributed by atoms with Crippen LogP contribution in [0.15, 0.2) is 0 Å². The number of hydrogen-bond acceptors (Lipinski definition) is 3. The zero-order valence-electron chi connectivity index (χ0n) is 12.5. The van der Waals surface area contributed by atoms with Crippen LogP contribution < -0.4 is 5.32 Å². The maximum Gasteiger partial charge on any atom is 0.391 e. The number of carbonyl (C=O) groups is 1. The molecule has 7 heteroatoms. The molecule has 0 heterocycles. The molecule has 1 rings (SSSR count). The Morgan fingerprint density at radius 1 is 1.38 bits per heavy atom. The van der Waals surface area contributed by atoms with Crippen molar-refractivity contribution in [1.82, 2.24) is 5.32 Å². The number of carbonyl (C=O) groups excluding carboxylic acids is 1. The molecule has 124 valence electrons. The van der Waals surface area contributed by atoms with Crippen molar-refractivity contribution < 1.29 is 27.8 Å². The van der Waals surface area contributed by atoms with Gasteiger partial charge >= 0.3 is 6.18 Å². The molecule has 1 aliphatic rings. The zero-order valence-corrected chi connectivity index (χ0v) is 12.5. The fourth-order valence-corrected chi connectivity index (χ4v) is 2.56. The number of amides is 1. The van der Waals surface area contributed by atoms with Gasteiger partial charge in [-0.15, -0.1) is 0 Å². The third-order valence-corrected chi connectivity index (χ3v) is 4.00. The highest BCUT2D eigenvalue weighted by molar-refractivity contribution is 5.78. The molecule has 1 fully saturated rings. The number of nitrogens with one attached hydrogen (secondary N) is 1. The van der Waals surface area contributed by atoms with Gasteiger partial charge in [-0.2, -0.15) is 13.2 Å². The number of hydrogen-bond donors (Lipinski definition) is 2. The average Bonchev–Trinajstić information content (AvgIpc) is 2.42. The minimum absolute atomic E-state index is 0.0162. The van der Waals surface area contributed by atoms with E-state index >= 15 is 0 Å². The van der Waals surface area contributed by atoms with Crippen LogP contribution in [-0.2, 0) is 9.53 Å². The molecule has 3 atom stereocenters. The molecule has 4 nitrogen and oxygen atoms in total. The summed E-state index contributed by atoms with van der Waals surface area (Å²) in [6, 6.07) is 0. The molecule has 0 aromatic carbocycles. The van der Waals surface area contributed by atoms with Crippen LogP contribution >= 0.6 is 0 Å². The number of rotatable bonds is 6. The van der Waals surface area contributed by atoms with Gasteiger partial charge in [0.1, 0.15) is 0 Å². The monoisotopic (exact) mass is 311 g/mol. The molecule has 1 aliphatic carbocycles. The first-order chi connectivity index (χ1) is 9.65. The molecule has 0 saturated heterocycles. The summed E-state index contributed by atoms with van der Waals surface area (Å²) in [6.07, 6.45) is -3.07. The van der Waals surface area contributed by atoms with Crippen LogP contribution in [0.2, 0.25) is 0 Å². The van der Waals surface area contributed by atoms with Gasteiger partial charge in [-0.05, 0) is 26.2 Å². The second-order valence-electron chi connectivity index (χ2n) is 6.06. The molecule has 1 amide bonds. The van der Waals surface area contributed by atoms with Crippen LogP contribution in [0.3, 0.4) is 0 Å². The van der Waals surface area contributed by atoms with Crippen molar-refractivity contribution in [3.8, 4) is 0 Å². The molecule has 0 aliphatic heterocycles. The summed E-state index contributed by atoms with van der Waals surface area (Å²) in [7, 11) is 1.51. The molecule has 0 spiro atoms. The zero-order chi connectivity index (χ0) is 16.1. The maximum atomic E-state index is 12.7. The molecule has 1 saturated carbocycles. The van der Waals surface area contributed by atoms with Crippen LogP contribution in [0.1, 0.15) is 39.0 Å². The van der Waals surface area contributed by atoms with Gasteiger partial charge in [-0.3, -0.25) is 4.79 Å². The Kier molecular flexibility index (Phi) is 6.46. The van der Waals surface area contributed by atoms with E-state index in [-0.39, 0.29) is 19.4 Å². The summed E-state index contributed by atoms with van der Waals surface area (Å²) in [5, 5.41) is 12.6. The predicted octanol–water partition coefficient (Wildman–Crippen LogP) is 2.26. The Bertz CT molecular complexity index is 345. The lowest BCUT2D eigenvalue weighted by molar-refractivity contribution is -0.186. The first kappa shape index (κ1) is 18.2. The predicted molar refractivity (Wildman–Crippen MR) is 71.6 cm³/mol. The Hall–Kier alpha value is -0.820. The van der Waals surface area contributed by atoms with Gasteiger partial charge in [-0.25, -0.2) is 0 Å². The number of ether oxygens (including phenoxy) is 1. The molecule has 0 bridgehead atoms. The fourth-order valence-electron chi connectivity index (χ4n) is 2.56. The van der Waals surface area contributed by atoms with Gasteiger partial charge in [0.05, 0.1) is 11.5 Å². The van der Waals surface area contributed by atoms with Crippen LogP contribution in [-0.4, -0.2) is 43.1 Å². The highest BCUT2D eigenvalue weighted by Gasteiger charge is 2.43. The van der Waals surface area contributed by atoms with Crippen LogP contribution in [0.5, 0.6) is 0 Å². The van der Waals surface area contributed by atoms with E-state index in [9.17, 15) is 23.1 Å². The summed E-state index contributed by atoms with van der Waals surface area (Å²) in [5.74, 6) is -2.42. The van der Waals surface area contributed by atoms with E-state index in [2.05, 4.69) is 5.32 Å². The molecule has 0 aromatic heterocycles. The van der Waals surface area contributed by atoms with Gasteiger partial charge in [0.25, 0.3) is 0 Å². The Labute approximate surface area is 123 Å². The van der Waals surface area contributed by atoms with Crippen molar-refractivity contribution in [1.29, 1.82) is 0 Å². The van der Waals surface area contributed by atoms with E-state index in [0.717, 1.165) is 0 Å². The summed E-state index contributed by atoms with van der Waals surface area (Å²) in [4.78, 5) is 12.0. The Balaban J connectivity index is 2.44. The average molecular weight is 311 g/mol. The molecule has 0 radical (unpaired) electrons. The van der Waals surface area contributed by atoms with E-state index < -0.39 is 29.5 Å². The van der Waals surface area contributed by atoms with Crippen molar-refractivity contribution >= 4 is 5.91 Å². The van der Waals surface area contributed by atoms with Crippen molar-refractivity contribution in [2.45, 2.75) is 50.8 Å². The van der Waals surface area contributed by atoms with Crippen molar-refractivity contribution in [2.75, 3.05) is 20.3 Å². The quantitative estimate of drug-likeness (QED) is 0.791. The molecule has 21 heavy (non-hydrogen) atoms. The van der Waals surface area contributed by atoms with E-state index in [4.69, 9.17) is 4.74 Å². The van der Waals surface area contributed by atoms with Gasteiger partial charge in [0.15, 0.2) is 0 Å². The maximum absolute atomic E-state index is 12.7. The summed E-state index contributed by atoms with van der Waals surface area (Å²) in [5.41, 5.74) is -1.12. The lowest BCUT2D eigenvalue weighted by Crippen LogP contribution is -2.44. The van der Waals surface area contributed by atoms with E-state index in [1.165, 1.54) is 7.11 Å². The smallest absolute Gasteiger partial charge is 0.388 e. The van der Waals surface area contributed by atoms with E-state index in [0.29, 0.717) is 25.9 Å². The molecule has 0 aromatic rings. The van der Waals surface area contributed by atoms with Crippen LogP contribution in [0, 0.1) is 11.8 Å². The van der Waals surface area contributed by atoms with Gasteiger partial charge in [0, 0.05) is 32.6 Å². The van der Waals surface area contributed by atoms with E-state index in [1.54, 1.807) is 6.92 Å². The van der Waals surface area contributed by atoms with Crippen molar-refractivity contribution in [3.63, 3.8) is 0 Å². The van der Waals surface area contributed by atoms with E-state index in [1.807, 2.05) is 0 Å². The van der Waals surface area contributed by atoms with Gasteiger partial charge in [0.2, 0.25) is 5.91 Å². The fraction of sp³-hybridized carbons (Fsp3) is 0.929. The lowest BCUT2D eigenvalue weighted by Gasteiger charge is -2.31. The highest BCUT2D eigenvalue weighted by Crippen LogP contribution is 2.39. The highest BCUT2D eigenvalue weighted by atomic mass is 19.4. The van der Waals surface area contributed by atoms with Crippen LogP contribution in [0.4, 0.5) is 13.2 Å². The second kappa shape index (κ2) is 7.45. The largest absolute Gasteiger partial charge is 0.391 e. The minimum atomic E-state index is -4.23. The number of methoxy groups -OCH3 is 1. The molecule has 3 unspecified atom stereocenters. The SMILES string of the molecule is COCCC(C)(O)CNC(=O)C1CCCC(C(F)(F)F)C1. The third kappa shape index (κ3) is 6.22. The normalized spacial score (nSPS) is 26.2. The van der Waals surface area contributed by atoms with Crippen molar-refractivity contribution in [3.05, 3.63) is 0 Å². The molecular weight excluding hydrogens is 287 g/mol. The first-order valence-corrected chi connectivity index (χ1v) is 7.21. The first-order valence-electron chi connectivity index (χ1n) is 7.21. The topological polar surface area (TPSA) is 58.6 Å². The second-order valence-corrected chi connectivity index (χ2v) is 6.06. The lowest BCUT2D eigenvalue weighted by atomic mass is 9.80. The summed E-state index contributed by atoms with van der Waals surface area (Å²) < 4.78 is 43.0. The Morgan fingerprint density at radius 3 is 2.62 bits per heavy atom. The molecular formula is C14H24F3NO3. The molecule has 2 N–H and O–H groups in total. The van der Waals surface area contributed by atoms with Crippen LogP contribution in [0.25, 0.3) is 0 Å². The van der Waals surface area contributed by atoms with Gasteiger partial charge in [-0.1, -0.05) is 6.42 Å². The summed E-state index contributed by atoms with van der Waals surface area (Å²) >= 11 is 0. The summed E-state index contributed by atoms with van der Waals surface area (Å²) in [6.45, 7) is 1.93. The standard InChI is InChI=1S/C14H24F3NO3/c1-13(20,6-7-21-2)9-18-12(19)10-4-3-5-11(8-10)14(15,16)17/h10-11,20H,3-9H2,1-2H3,(H,18,19). The number of aliphatic hydroxyl groups is 1. The van der Waals surface area contributed by atoms with Gasteiger partial charge < -0.3 is 15.2 Å². The minimum Gasteiger partial charge on any atom is -0.388 e. The van der Waals surface area contributed by atoms with Crippen molar-refractivity contribution in [2.24, 2.45) is 11.8 Å². The third-order valence-electron chi connectivity index (χ3n) is 4.00. The number of halogens is 3.